The summed E-state index contributed by atoms with van der Waals surface area (Å²) in [4.78, 5) is 23.1. The van der Waals surface area contributed by atoms with Crippen LogP contribution in [-0.4, -0.2) is 55.3 Å². The second-order valence-electron chi connectivity index (χ2n) is 11.3. The van der Waals surface area contributed by atoms with Gasteiger partial charge in [-0.2, -0.15) is 0 Å². The number of likely N-dealkylation sites (N-methyl/N-ethyl adjacent to an activating group) is 1. The molecule has 206 valence electrons. The van der Waals surface area contributed by atoms with Crippen molar-refractivity contribution in [1.82, 2.24) is 0 Å². The third kappa shape index (κ3) is 27.1. The van der Waals surface area contributed by atoms with Crippen LogP contribution in [0.1, 0.15) is 135 Å². The highest BCUT2D eigenvalue weighted by Gasteiger charge is 2.24. The molecule has 0 rings (SSSR count). The van der Waals surface area contributed by atoms with E-state index in [1.807, 2.05) is 21.1 Å². The van der Waals surface area contributed by atoms with Gasteiger partial charge in [-0.05, 0) is 32.1 Å². The van der Waals surface area contributed by atoms with E-state index < -0.39 is 12.1 Å². The Hall–Kier alpha value is -1.36. The Labute approximate surface area is 217 Å². The molecule has 0 bridgehead atoms. The van der Waals surface area contributed by atoms with Crippen LogP contribution in [0.2, 0.25) is 0 Å². The minimum Gasteiger partial charge on any atom is -0.481 e. The number of carboxylic acid groups (broad SMARTS) is 1. The van der Waals surface area contributed by atoms with Gasteiger partial charge in [0.15, 0.2) is 6.10 Å². The second-order valence-corrected chi connectivity index (χ2v) is 11.3. The number of aliphatic carboxylic acids is 1. The molecular formula is C30H58NO4+. The summed E-state index contributed by atoms with van der Waals surface area (Å²) in [5.41, 5.74) is 0. The molecular weight excluding hydrogens is 438 g/mol. The van der Waals surface area contributed by atoms with Crippen LogP contribution in [-0.2, 0) is 14.3 Å². The second kappa shape index (κ2) is 23.1. The van der Waals surface area contributed by atoms with Gasteiger partial charge in [0.05, 0.1) is 27.6 Å². The van der Waals surface area contributed by atoms with Gasteiger partial charge in [-0.15, -0.1) is 0 Å². The maximum Gasteiger partial charge on any atom is 0.307 e. The molecule has 0 aliphatic rings. The molecule has 0 aromatic carbocycles. The van der Waals surface area contributed by atoms with Crippen molar-refractivity contribution < 1.29 is 23.9 Å². The van der Waals surface area contributed by atoms with Crippen LogP contribution >= 0.6 is 0 Å². The largest absolute Gasteiger partial charge is 0.481 e. The maximum absolute atomic E-state index is 12.1. The fourth-order valence-corrected chi connectivity index (χ4v) is 4.42. The molecule has 0 aliphatic carbocycles. The van der Waals surface area contributed by atoms with E-state index in [0.29, 0.717) is 17.4 Å². The molecule has 5 nitrogen and oxygen atoms in total. The summed E-state index contributed by atoms with van der Waals surface area (Å²) >= 11 is 0. The Balaban J connectivity index is 3.47. The molecule has 0 saturated heterocycles. The molecule has 1 unspecified atom stereocenters. The monoisotopic (exact) mass is 496 g/mol. The lowest BCUT2D eigenvalue weighted by Gasteiger charge is -2.28. The first-order valence-electron chi connectivity index (χ1n) is 14.6. The van der Waals surface area contributed by atoms with Crippen molar-refractivity contribution in [3.8, 4) is 0 Å². The van der Waals surface area contributed by atoms with Gasteiger partial charge in [0, 0.05) is 6.42 Å². The molecule has 0 aromatic heterocycles. The van der Waals surface area contributed by atoms with E-state index in [-0.39, 0.29) is 12.4 Å². The van der Waals surface area contributed by atoms with E-state index in [1.54, 1.807) is 0 Å². The van der Waals surface area contributed by atoms with Gasteiger partial charge >= 0.3 is 11.9 Å². The normalized spacial score (nSPS) is 12.8. The predicted molar refractivity (Wildman–Crippen MR) is 148 cm³/mol. The van der Waals surface area contributed by atoms with Gasteiger partial charge in [0.25, 0.3) is 0 Å². The highest BCUT2D eigenvalue weighted by molar-refractivity contribution is 5.71. The lowest BCUT2D eigenvalue weighted by Crippen LogP contribution is -2.43. The average Bonchev–Trinajstić information content (AvgIpc) is 2.76. The Morgan fingerprint density at radius 1 is 0.714 bits per heavy atom. The smallest absolute Gasteiger partial charge is 0.307 e. The van der Waals surface area contributed by atoms with Gasteiger partial charge in [0.2, 0.25) is 0 Å². The van der Waals surface area contributed by atoms with Crippen LogP contribution in [0.5, 0.6) is 0 Å². The zero-order chi connectivity index (χ0) is 26.2. The lowest BCUT2D eigenvalue weighted by atomic mass is 10.0. The summed E-state index contributed by atoms with van der Waals surface area (Å²) < 4.78 is 6.01. The van der Waals surface area contributed by atoms with Crippen LogP contribution in [0.25, 0.3) is 0 Å². The van der Waals surface area contributed by atoms with E-state index in [4.69, 9.17) is 9.84 Å². The summed E-state index contributed by atoms with van der Waals surface area (Å²) in [5.74, 6) is -1.18. The number of unbranched alkanes of at least 4 members (excludes halogenated alkanes) is 16. The van der Waals surface area contributed by atoms with Crippen molar-refractivity contribution in [1.29, 1.82) is 0 Å². The fourth-order valence-electron chi connectivity index (χ4n) is 4.42. The molecule has 0 fully saturated rings. The van der Waals surface area contributed by atoms with Gasteiger partial charge in [-0.1, -0.05) is 103 Å². The van der Waals surface area contributed by atoms with Crippen LogP contribution < -0.4 is 0 Å². The fraction of sp³-hybridized carbons (Fsp3) is 0.867. The molecule has 1 atom stereocenters. The van der Waals surface area contributed by atoms with Crippen molar-refractivity contribution in [2.24, 2.45) is 0 Å². The molecule has 0 saturated carbocycles. The summed E-state index contributed by atoms with van der Waals surface area (Å²) in [6, 6.07) is 0. The number of carbonyl (C=O) groups excluding carboxylic acids is 1. The topological polar surface area (TPSA) is 63.6 Å². The van der Waals surface area contributed by atoms with Gasteiger partial charge < -0.3 is 14.3 Å². The Kier molecular flexibility index (Phi) is 22.2. The lowest BCUT2D eigenvalue weighted by molar-refractivity contribution is -0.873. The number of nitrogens with zero attached hydrogens (tertiary/aromatic N) is 1. The number of carboxylic acids is 1. The number of hydrogen-bond donors (Lipinski definition) is 1. The third-order valence-electron chi connectivity index (χ3n) is 6.34. The molecule has 0 heterocycles. The molecule has 0 aromatic rings. The number of allylic oxidation sites excluding steroid dienone is 2. The summed E-state index contributed by atoms with van der Waals surface area (Å²) in [7, 11) is 5.91. The summed E-state index contributed by atoms with van der Waals surface area (Å²) in [5, 5.41) is 9.04. The molecule has 0 spiro atoms. The average molecular weight is 497 g/mol. The van der Waals surface area contributed by atoms with Gasteiger partial charge in [0.1, 0.15) is 6.54 Å². The zero-order valence-corrected chi connectivity index (χ0v) is 23.7. The van der Waals surface area contributed by atoms with Crippen LogP contribution in [0.3, 0.4) is 0 Å². The van der Waals surface area contributed by atoms with Crippen molar-refractivity contribution in [3.63, 3.8) is 0 Å². The Morgan fingerprint density at radius 3 is 1.57 bits per heavy atom. The predicted octanol–water partition coefficient (Wildman–Crippen LogP) is 8.07. The number of ether oxygens (including phenoxy) is 1. The van der Waals surface area contributed by atoms with Crippen molar-refractivity contribution in [2.75, 3.05) is 27.7 Å². The maximum atomic E-state index is 12.1. The molecule has 0 radical (unpaired) electrons. The van der Waals surface area contributed by atoms with Gasteiger partial charge in [-0.25, -0.2) is 0 Å². The van der Waals surface area contributed by atoms with Crippen LogP contribution in [0.4, 0.5) is 0 Å². The first-order valence-corrected chi connectivity index (χ1v) is 14.6. The number of hydrogen-bond acceptors (Lipinski definition) is 3. The standard InChI is InChI=1S/C30H57NO4/c1-5-6-7-8-9-10-11-12-13-14-15-16-17-18-19-20-21-22-23-24-25-30(34)35-28(26-29(32)33)27-31(2,3)4/h9-10,28H,5-8,11-27H2,1-4H3/p+1/b10-9+. The molecule has 35 heavy (non-hydrogen) atoms. The van der Waals surface area contributed by atoms with Crippen LogP contribution in [0, 0.1) is 0 Å². The molecule has 0 aliphatic heterocycles. The Bertz CT molecular complexity index is 539. The van der Waals surface area contributed by atoms with Gasteiger partial charge in [-0.3, -0.25) is 9.59 Å². The number of esters is 1. The van der Waals surface area contributed by atoms with E-state index in [1.165, 1.54) is 96.3 Å². The Morgan fingerprint density at radius 2 is 1.14 bits per heavy atom. The number of quaternary nitrogens is 1. The number of rotatable bonds is 25. The SMILES string of the molecule is CCCCC/C=C/CCCCCCCCCCCCCCCC(=O)OC(CC(=O)O)C[N+](C)(C)C. The number of carbonyl (C=O) groups is 2. The van der Waals surface area contributed by atoms with Crippen molar-refractivity contribution >= 4 is 11.9 Å². The molecule has 0 amide bonds. The third-order valence-corrected chi connectivity index (χ3v) is 6.34. The highest BCUT2D eigenvalue weighted by atomic mass is 16.5. The zero-order valence-electron chi connectivity index (χ0n) is 23.7. The summed E-state index contributed by atoms with van der Waals surface area (Å²) in [6.07, 6.45) is 27.5. The minimum absolute atomic E-state index is 0.127. The quantitative estimate of drug-likeness (QED) is 0.0600. The first kappa shape index (κ1) is 33.6. The molecule has 1 N–H and O–H groups in total. The highest BCUT2D eigenvalue weighted by Crippen LogP contribution is 2.14. The summed E-state index contributed by atoms with van der Waals surface area (Å²) in [6.45, 7) is 2.77. The van der Waals surface area contributed by atoms with E-state index in [0.717, 1.165) is 19.3 Å². The van der Waals surface area contributed by atoms with Crippen molar-refractivity contribution in [3.05, 3.63) is 12.2 Å². The van der Waals surface area contributed by atoms with Crippen LogP contribution in [0.15, 0.2) is 12.2 Å². The molecule has 5 heteroatoms. The first-order chi connectivity index (χ1) is 16.7. The van der Waals surface area contributed by atoms with E-state index >= 15 is 0 Å². The van der Waals surface area contributed by atoms with Crippen molar-refractivity contribution in [2.45, 2.75) is 141 Å². The van der Waals surface area contributed by atoms with E-state index in [9.17, 15) is 9.59 Å². The minimum atomic E-state index is -0.923. The van der Waals surface area contributed by atoms with E-state index in [2.05, 4.69) is 19.1 Å².